The number of nitrogens with one attached hydrogen (secondary N) is 1. The molecule has 3 unspecified atom stereocenters. The van der Waals surface area contributed by atoms with Crippen molar-refractivity contribution in [3.8, 4) is 0 Å². The SMILES string of the molecule is CC1CCCN(CC(c2cccc(Cl)c2)N2CCNCC2C)C1. The zero-order valence-electron chi connectivity index (χ0n) is 14.5. The van der Waals surface area contributed by atoms with Gasteiger partial charge in [0.25, 0.3) is 0 Å². The minimum Gasteiger partial charge on any atom is -0.314 e. The van der Waals surface area contributed by atoms with Crippen LogP contribution in [0.2, 0.25) is 5.02 Å². The maximum absolute atomic E-state index is 6.29. The van der Waals surface area contributed by atoms with Crippen LogP contribution in [0.15, 0.2) is 24.3 Å². The van der Waals surface area contributed by atoms with E-state index in [1.807, 2.05) is 6.07 Å². The van der Waals surface area contributed by atoms with Crippen molar-refractivity contribution in [2.75, 3.05) is 39.3 Å². The number of hydrogen-bond acceptors (Lipinski definition) is 3. The van der Waals surface area contributed by atoms with Crippen LogP contribution in [0.5, 0.6) is 0 Å². The molecule has 3 nitrogen and oxygen atoms in total. The van der Waals surface area contributed by atoms with Gasteiger partial charge in [-0.15, -0.1) is 0 Å². The molecular formula is C19H30ClN3. The Hall–Kier alpha value is -0.610. The molecule has 128 valence electrons. The molecule has 2 saturated heterocycles. The molecule has 0 bridgehead atoms. The van der Waals surface area contributed by atoms with Crippen LogP contribution in [0.3, 0.4) is 0 Å². The fourth-order valence-corrected chi connectivity index (χ4v) is 4.33. The van der Waals surface area contributed by atoms with E-state index in [1.54, 1.807) is 0 Å². The molecule has 0 spiro atoms. The number of rotatable bonds is 4. The van der Waals surface area contributed by atoms with Gasteiger partial charge in [0, 0.05) is 49.8 Å². The number of piperidine rings is 1. The molecule has 1 aromatic rings. The maximum atomic E-state index is 6.29. The molecule has 0 aromatic heterocycles. The van der Waals surface area contributed by atoms with Crippen LogP contribution < -0.4 is 5.32 Å². The predicted molar refractivity (Wildman–Crippen MR) is 98.1 cm³/mol. The Labute approximate surface area is 146 Å². The van der Waals surface area contributed by atoms with Crippen LogP contribution in [-0.2, 0) is 0 Å². The fraction of sp³-hybridized carbons (Fsp3) is 0.684. The highest BCUT2D eigenvalue weighted by atomic mass is 35.5. The Morgan fingerprint density at radius 2 is 2.17 bits per heavy atom. The van der Waals surface area contributed by atoms with Gasteiger partial charge in [0.2, 0.25) is 0 Å². The van der Waals surface area contributed by atoms with Gasteiger partial charge in [-0.1, -0.05) is 30.7 Å². The number of benzene rings is 1. The molecule has 3 atom stereocenters. The van der Waals surface area contributed by atoms with Crippen molar-refractivity contribution in [1.82, 2.24) is 15.1 Å². The minimum absolute atomic E-state index is 0.441. The summed E-state index contributed by atoms with van der Waals surface area (Å²) >= 11 is 6.29. The third-order valence-electron chi connectivity index (χ3n) is 5.36. The summed E-state index contributed by atoms with van der Waals surface area (Å²) < 4.78 is 0. The van der Waals surface area contributed by atoms with Crippen molar-refractivity contribution in [1.29, 1.82) is 0 Å². The predicted octanol–water partition coefficient (Wildman–Crippen LogP) is 3.41. The molecule has 4 heteroatoms. The quantitative estimate of drug-likeness (QED) is 0.909. The Balaban J connectivity index is 1.80. The number of halogens is 1. The minimum atomic E-state index is 0.441. The van der Waals surface area contributed by atoms with Crippen molar-refractivity contribution in [2.45, 2.75) is 38.8 Å². The summed E-state index contributed by atoms with van der Waals surface area (Å²) in [5, 5.41) is 4.36. The topological polar surface area (TPSA) is 18.5 Å². The second-order valence-electron chi connectivity index (χ2n) is 7.37. The second kappa shape index (κ2) is 7.98. The normalized spacial score (nSPS) is 28.7. The molecule has 2 fully saturated rings. The van der Waals surface area contributed by atoms with Crippen molar-refractivity contribution in [2.24, 2.45) is 5.92 Å². The average Bonchev–Trinajstić information content (AvgIpc) is 2.53. The summed E-state index contributed by atoms with van der Waals surface area (Å²) in [4.78, 5) is 5.33. The van der Waals surface area contributed by atoms with Gasteiger partial charge in [-0.05, 0) is 49.9 Å². The van der Waals surface area contributed by atoms with E-state index >= 15 is 0 Å². The van der Waals surface area contributed by atoms with Gasteiger partial charge >= 0.3 is 0 Å². The van der Waals surface area contributed by atoms with Gasteiger partial charge in [-0.25, -0.2) is 0 Å². The molecule has 2 aliphatic rings. The van der Waals surface area contributed by atoms with Crippen molar-refractivity contribution in [3.63, 3.8) is 0 Å². The van der Waals surface area contributed by atoms with Gasteiger partial charge in [-0.2, -0.15) is 0 Å². The van der Waals surface area contributed by atoms with Gasteiger partial charge in [0.05, 0.1) is 0 Å². The van der Waals surface area contributed by atoms with E-state index in [4.69, 9.17) is 11.6 Å². The first kappa shape index (κ1) is 17.2. The zero-order valence-corrected chi connectivity index (χ0v) is 15.2. The van der Waals surface area contributed by atoms with Gasteiger partial charge < -0.3 is 10.2 Å². The lowest BCUT2D eigenvalue weighted by molar-refractivity contribution is 0.0700. The van der Waals surface area contributed by atoms with E-state index in [1.165, 1.54) is 31.5 Å². The highest BCUT2D eigenvalue weighted by Crippen LogP contribution is 2.28. The van der Waals surface area contributed by atoms with Crippen molar-refractivity contribution in [3.05, 3.63) is 34.9 Å². The largest absolute Gasteiger partial charge is 0.314 e. The summed E-state index contributed by atoms with van der Waals surface area (Å²) in [5.41, 5.74) is 1.37. The van der Waals surface area contributed by atoms with E-state index in [-0.39, 0.29) is 0 Å². The van der Waals surface area contributed by atoms with Gasteiger partial charge in [-0.3, -0.25) is 4.90 Å². The highest BCUT2D eigenvalue weighted by Gasteiger charge is 2.30. The first-order valence-corrected chi connectivity index (χ1v) is 9.45. The Morgan fingerprint density at radius 1 is 1.30 bits per heavy atom. The molecular weight excluding hydrogens is 306 g/mol. The molecule has 2 heterocycles. The van der Waals surface area contributed by atoms with Gasteiger partial charge in [0.1, 0.15) is 0 Å². The maximum Gasteiger partial charge on any atom is 0.0479 e. The third-order valence-corrected chi connectivity index (χ3v) is 5.59. The van der Waals surface area contributed by atoms with E-state index in [0.717, 1.165) is 37.1 Å². The number of piperazine rings is 1. The van der Waals surface area contributed by atoms with E-state index in [0.29, 0.717) is 12.1 Å². The molecule has 0 aliphatic carbocycles. The number of likely N-dealkylation sites (tertiary alicyclic amines) is 1. The van der Waals surface area contributed by atoms with Gasteiger partial charge in [0.15, 0.2) is 0 Å². The van der Waals surface area contributed by atoms with Crippen molar-refractivity contribution < 1.29 is 0 Å². The van der Waals surface area contributed by atoms with Crippen LogP contribution in [-0.4, -0.2) is 55.1 Å². The molecule has 0 amide bonds. The molecule has 1 N–H and O–H groups in total. The third kappa shape index (κ3) is 4.48. The Kier molecular flexibility index (Phi) is 5.97. The lowest BCUT2D eigenvalue weighted by Crippen LogP contribution is -2.53. The van der Waals surface area contributed by atoms with Crippen LogP contribution in [0.4, 0.5) is 0 Å². The van der Waals surface area contributed by atoms with E-state index in [9.17, 15) is 0 Å². The summed E-state index contributed by atoms with van der Waals surface area (Å²) in [5.74, 6) is 0.823. The van der Waals surface area contributed by atoms with Crippen LogP contribution in [0.1, 0.15) is 38.3 Å². The summed E-state index contributed by atoms with van der Waals surface area (Å²) in [6.45, 7) is 11.6. The smallest absolute Gasteiger partial charge is 0.0479 e. The van der Waals surface area contributed by atoms with E-state index in [2.05, 4.69) is 47.2 Å². The van der Waals surface area contributed by atoms with Crippen LogP contribution in [0.25, 0.3) is 0 Å². The van der Waals surface area contributed by atoms with Crippen molar-refractivity contribution >= 4 is 11.6 Å². The molecule has 2 aliphatic heterocycles. The summed E-state index contributed by atoms with van der Waals surface area (Å²) in [6.07, 6.45) is 2.71. The molecule has 23 heavy (non-hydrogen) atoms. The first-order valence-electron chi connectivity index (χ1n) is 9.08. The second-order valence-corrected chi connectivity index (χ2v) is 7.81. The standard InChI is InChI=1S/C19H30ClN3/c1-15-5-4-9-22(13-15)14-19(17-6-3-7-18(20)11-17)23-10-8-21-12-16(23)2/h3,6-7,11,15-16,19,21H,4-5,8-10,12-14H2,1-2H3. The Morgan fingerprint density at radius 3 is 2.91 bits per heavy atom. The molecule has 3 rings (SSSR count). The highest BCUT2D eigenvalue weighted by molar-refractivity contribution is 6.30. The molecule has 0 radical (unpaired) electrons. The van der Waals surface area contributed by atoms with Crippen LogP contribution >= 0.6 is 11.6 Å². The monoisotopic (exact) mass is 335 g/mol. The lowest BCUT2D eigenvalue weighted by atomic mass is 9.97. The van der Waals surface area contributed by atoms with E-state index < -0.39 is 0 Å². The summed E-state index contributed by atoms with van der Waals surface area (Å²) in [6, 6.07) is 9.49. The number of hydrogen-bond donors (Lipinski definition) is 1. The van der Waals surface area contributed by atoms with Crippen LogP contribution in [0, 0.1) is 5.92 Å². The summed E-state index contributed by atoms with van der Waals surface area (Å²) in [7, 11) is 0. The molecule has 0 saturated carbocycles. The number of nitrogens with zero attached hydrogens (tertiary/aromatic N) is 2. The first-order chi connectivity index (χ1) is 11.1. The molecule has 1 aromatic carbocycles. The Bertz CT molecular complexity index is 507. The fourth-order valence-electron chi connectivity index (χ4n) is 4.13. The average molecular weight is 336 g/mol. The lowest BCUT2D eigenvalue weighted by Gasteiger charge is -2.43. The zero-order chi connectivity index (χ0) is 16.2.